The molecule has 1 rings (SSSR count). The molecule has 0 aliphatic heterocycles. The van der Waals surface area contributed by atoms with Gasteiger partial charge >= 0.3 is 0 Å². The molecule has 0 spiro atoms. The SMILES string of the molecule is CCCCCCCNCCC/C(=N/OC)c1ccc(F)cc1. The van der Waals surface area contributed by atoms with Crippen molar-refractivity contribution in [2.24, 2.45) is 5.16 Å². The molecule has 0 bridgehead atoms. The van der Waals surface area contributed by atoms with Gasteiger partial charge in [-0.05, 0) is 50.0 Å². The highest BCUT2D eigenvalue weighted by atomic mass is 19.1. The van der Waals surface area contributed by atoms with Crippen molar-refractivity contribution in [2.45, 2.75) is 51.9 Å². The third-order valence-corrected chi connectivity index (χ3v) is 3.60. The van der Waals surface area contributed by atoms with Crippen LogP contribution in [-0.4, -0.2) is 25.9 Å². The number of nitrogens with one attached hydrogen (secondary N) is 1. The third kappa shape index (κ3) is 8.13. The molecule has 22 heavy (non-hydrogen) atoms. The Hall–Kier alpha value is -1.42. The fourth-order valence-corrected chi connectivity index (χ4v) is 2.35. The van der Waals surface area contributed by atoms with E-state index < -0.39 is 0 Å². The number of unbranched alkanes of at least 4 members (excludes halogenated alkanes) is 4. The zero-order valence-electron chi connectivity index (χ0n) is 13.9. The van der Waals surface area contributed by atoms with E-state index in [9.17, 15) is 4.39 Å². The van der Waals surface area contributed by atoms with Crippen LogP contribution >= 0.6 is 0 Å². The summed E-state index contributed by atoms with van der Waals surface area (Å²) in [6.45, 7) is 4.28. The number of halogens is 1. The first-order chi connectivity index (χ1) is 10.8. The Bertz CT molecular complexity index is 418. The number of hydrogen-bond acceptors (Lipinski definition) is 3. The molecule has 0 amide bonds. The van der Waals surface area contributed by atoms with Crippen LogP contribution in [0.4, 0.5) is 4.39 Å². The van der Waals surface area contributed by atoms with Crippen LogP contribution in [0.15, 0.2) is 29.4 Å². The van der Waals surface area contributed by atoms with Crippen molar-refractivity contribution in [2.75, 3.05) is 20.2 Å². The average Bonchev–Trinajstić information content (AvgIpc) is 2.53. The lowest BCUT2D eigenvalue weighted by Gasteiger charge is -2.07. The molecule has 124 valence electrons. The van der Waals surface area contributed by atoms with Crippen LogP contribution in [0.5, 0.6) is 0 Å². The highest BCUT2D eigenvalue weighted by molar-refractivity contribution is 6.00. The van der Waals surface area contributed by atoms with Gasteiger partial charge in [-0.3, -0.25) is 0 Å². The van der Waals surface area contributed by atoms with E-state index in [0.717, 1.165) is 37.2 Å². The van der Waals surface area contributed by atoms with E-state index in [1.54, 1.807) is 12.1 Å². The summed E-state index contributed by atoms with van der Waals surface area (Å²) in [7, 11) is 1.54. The van der Waals surface area contributed by atoms with Gasteiger partial charge in [0.1, 0.15) is 12.9 Å². The van der Waals surface area contributed by atoms with E-state index in [-0.39, 0.29) is 5.82 Å². The molecule has 3 nitrogen and oxygen atoms in total. The third-order valence-electron chi connectivity index (χ3n) is 3.60. The van der Waals surface area contributed by atoms with Crippen LogP contribution in [-0.2, 0) is 4.84 Å². The minimum Gasteiger partial charge on any atom is -0.399 e. The number of benzene rings is 1. The predicted molar refractivity (Wildman–Crippen MR) is 90.8 cm³/mol. The Kier molecular flexibility index (Phi) is 10.3. The summed E-state index contributed by atoms with van der Waals surface area (Å²) in [4.78, 5) is 4.90. The summed E-state index contributed by atoms with van der Waals surface area (Å²) in [5.74, 6) is -0.231. The second kappa shape index (κ2) is 12.2. The molecule has 0 saturated carbocycles. The zero-order chi connectivity index (χ0) is 16.0. The fourth-order valence-electron chi connectivity index (χ4n) is 2.35. The minimum atomic E-state index is -0.231. The molecule has 0 aromatic heterocycles. The maximum absolute atomic E-state index is 13.0. The molecule has 0 atom stereocenters. The molecule has 0 radical (unpaired) electrons. The van der Waals surface area contributed by atoms with Gasteiger partial charge in [0, 0.05) is 0 Å². The van der Waals surface area contributed by atoms with Crippen molar-refractivity contribution < 1.29 is 9.23 Å². The zero-order valence-corrected chi connectivity index (χ0v) is 13.9. The van der Waals surface area contributed by atoms with Crippen molar-refractivity contribution in [1.82, 2.24) is 5.32 Å². The lowest BCUT2D eigenvalue weighted by molar-refractivity contribution is 0.212. The maximum Gasteiger partial charge on any atom is 0.123 e. The predicted octanol–water partition coefficient (Wildman–Crippen LogP) is 4.52. The lowest BCUT2D eigenvalue weighted by atomic mass is 10.1. The van der Waals surface area contributed by atoms with Gasteiger partial charge in [-0.25, -0.2) is 4.39 Å². The van der Waals surface area contributed by atoms with Crippen molar-refractivity contribution >= 4 is 5.71 Å². The quantitative estimate of drug-likeness (QED) is 0.350. The van der Waals surface area contributed by atoms with Crippen LogP contribution in [0, 0.1) is 5.82 Å². The summed E-state index contributed by atoms with van der Waals surface area (Å²) in [6, 6.07) is 6.40. The van der Waals surface area contributed by atoms with Crippen molar-refractivity contribution in [1.29, 1.82) is 0 Å². The lowest BCUT2D eigenvalue weighted by Crippen LogP contribution is -2.17. The molecule has 0 fully saturated rings. The summed E-state index contributed by atoms with van der Waals surface area (Å²) in [5.41, 5.74) is 1.79. The Labute approximate surface area is 133 Å². The Morgan fingerprint density at radius 2 is 1.73 bits per heavy atom. The van der Waals surface area contributed by atoms with E-state index in [2.05, 4.69) is 17.4 Å². The molecule has 0 aliphatic rings. The molecule has 1 aromatic carbocycles. The molecule has 1 aromatic rings. The van der Waals surface area contributed by atoms with Crippen molar-refractivity contribution in [3.8, 4) is 0 Å². The van der Waals surface area contributed by atoms with E-state index in [4.69, 9.17) is 4.84 Å². The second-order valence-electron chi connectivity index (χ2n) is 5.50. The standard InChI is InChI=1S/C18H29FN2O/c1-3-4-5-6-7-14-20-15-8-9-18(21-22-2)16-10-12-17(19)13-11-16/h10-13,20H,3-9,14-15H2,1-2H3/b21-18-. The number of oxime groups is 1. The molecule has 1 N–H and O–H groups in total. The topological polar surface area (TPSA) is 33.6 Å². The molecule has 0 heterocycles. The minimum absolute atomic E-state index is 0.231. The number of hydrogen-bond donors (Lipinski definition) is 1. The second-order valence-corrected chi connectivity index (χ2v) is 5.50. The Morgan fingerprint density at radius 1 is 1.05 bits per heavy atom. The number of nitrogens with zero attached hydrogens (tertiary/aromatic N) is 1. The van der Waals surface area contributed by atoms with E-state index >= 15 is 0 Å². The van der Waals surface area contributed by atoms with Crippen molar-refractivity contribution in [3.63, 3.8) is 0 Å². The average molecular weight is 308 g/mol. The largest absolute Gasteiger partial charge is 0.399 e. The smallest absolute Gasteiger partial charge is 0.123 e. The first-order valence-corrected chi connectivity index (χ1v) is 8.34. The van der Waals surface area contributed by atoms with Gasteiger partial charge < -0.3 is 10.2 Å². The van der Waals surface area contributed by atoms with Gasteiger partial charge in [0.25, 0.3) is 0 Å². The molecular formula is C18H29FN2O. The Balaban J connectivity index is 2.20. The maximum atomic E-state index is 13.0. The molecule has 4 heteroatoms. The highest BCUT2D eigenvalue weighted by Crippen LogP contribution is 2.09. The normalized spacial score (nSPS) is 11.7. The highest BCUT2D eigenvalue weighted by Gasteiger charge is 2.05. The van der Waals surface area contributed by atoms with Crippen LogP contribution in [0.2, 0.25) is 0 Å². The van der Waals surface area contributed by atoms with Gasteiger partial charge in [0.05, 0.1) is 5.71 Å². The van der Waals surface area contributed by atoms with E-state index in [0.29, 0.717) is 0 Å². The van der Waals surface area contributed by atoms with Gasteiger partial charge in [0.15, 0.2) is 0 Å². The Morgan fingerprint density at radius 3 is 2.41 bits per heavy atom. The monoisotopic (exact) mass is 308 g/mol. The first-order valence-electron chi connectivity index (χ1n) is 8.34. The van der Waals surface area contributed by atoms with Gasteiger partial charge in [-0.2, -0.15) is 0 Å². The summed E-state index contributed by atoms with van der Waals surface area (Å²) < 4.78 is 13.0. The molecule has 0 aliphatic carbocycles. The van der Waals surface area contributed by atoms with Crippen LogP contribution in [0.3, 0.4) is 0 Å². The summed E-state index contributed by atoms with van der Waals surface area (Å²) >= 11 is 0. The fraction of sp³-hybridized carbons (Fsp3) is 0.611. The van der Waals surface area contributed by atoms with Gasteiger partial charge in [0.2, 0.25) is 0 Å². The van der Waals surface area contributed by atoms with Crippen LogP contribution < -0.4 is 5.32 Å². The van der Waals surface area contributed by atoms with Crippen LogP contribution in [0.1, 0.15) is 57.4 Å². The van der Waals surface area contributed by atoms with E-state index in [1.165, 1.54) is 51.3 Å². The summed E-state index contributed by atoms with van der Waals surface area (Å²) in [5, 5.41) is 7.52. The van der Waals surface area contributed by atoms with E-state index in [1.807, 2.05) is 0 Å². The van der Waals surface area contributed by atoms with Gasteiger partial charge in [-0.1, -0.05) is 49.9 Å². The van der Waals surface area contributed by atoms with Gasteiger partial charge in [-0.15, -0.1) is 0 Å². The number of rotatable bonds is 12. The first kappa shape index (κ1) is 18.6. The van der Waals surface area contributed by atoms with Crippen LogP contribution in [0.25, 0.3) is 0 Å². The van der Waals surface area contributed by atoms with Crippen molar-refractivity contribution in [3.05, 3.63) is 35.6 Å². The summed E-state index contributed by atoms with van der Waals surface area (Å²) in [6.07, 6.45) is 8.35. The molecule has 0 unspecified atom stereocenters. The molecular weight excluding hydrogens is 279 g/mol. The molecule has 0 saturated heterocycles.